The highest BCUT2D eigenvalue weighted by atomic mass is 35.5. The van der Waals surface area contributed by atoms with Crippen molar-refractivity contribution in [1.29, 1.82) is 0 Å². The molecule has 1 aromatic heterocycles. The average molecular weight is 387 g/mol. The van der Waals surface area contributed by atoms with E-state index in [2.05, 4.69) is 10.3 Å². The number of likely N-dealkylation sites (tertiary alicyclic amines) is 1. The van der Waals surface area contributed by atoms with Crippen LogP contribution in [0.25, 0.3) is 0 Å². The van der Waals surface area contributed by atoms with Crippen molar-refractivity contribution in [1.82, 2.24) is 15.2 Å². The van der Waals surface area contributed by atoms with Crippen LogP contribution in [0.2, 0.25) is 0 Å². The Hall–Kier alpha value is -1.22. The number of hydrogen-bond donors (Lipinski definition) is 2. The zero-order valence-corrected chi connectivity index (χ0v) is 15.7. The van der Waals surface area contributed by atoms with Gasteiger partial charge >= 0.3 is 0 Å². The summed E-state index contributed by atoms with van der Waals surface area (Å²) in [5.41, 5.74) is 5.98. The molecule has 0 aromatic carbocycles. The Morgan fingerprint density at radius 2 is 2.40 bits per heavy atom. The molecule has 0 aliphatic carbocycles. The van der Waals surface area contributed by atoms with Gasteiger partial charge in [0.15, 0.2) is 0 Å². The van der Waals surface area contributed by atoms with Crippen LogP contribution in [0, 0.1) is 18.8 Å². The van der Waals surface area contributed by atoms with Crippen LogP contribution >= 0.6 is 23.7 Å². The summed E-state index contributed by atoms with van der Waals surface area (Å²) in [7, 11) is 0. The van der Waals surface area contributed by atoms with Crippen LogP contribution in [-0.4, -0.2) is 53.0 Å². The first-order chi connectivity index (χ1) is 11.5. The second-order valence-electron chi connectivity index (χ2n) is 6.89. The van der Waals surface area contributed by atoms with Gasteiger partial charge in [0.05, 0.1) is 47.3 Å². The van der Waals surface area contributed by atoms with Gasteiger partial charge in [-0.3, -0.25) is 9.59 Å². The highest BCUT2D eigenvalue weighted by molar-refractivity contribution is 7.09. The standard InChI is InChI=1S/C16H22N4O3S.ClH/c1-9-19-10(7-24-9)6-18-14(21)12-11-2-3-16(23-11)8-20(5-4-17)15(22)13(12)16;/h7,11-13H,2-6,8,17H2,1H3,(H,18,21);1H/t11-,12-,13+,16-;/m0./s1. The fraction of sp³-hybridized carbons (Fsp3) is 0.688. The molecule has 4 heterocycles. The van der Waals surface area contributed by atoms with E-state index in [0.717, 1.165) is 23.5 Å². The molecule has 3 N–H and O–H groups in total. The lowest BCUT2D eigenvalue weighted by Crippen LogP contribution is -2.45. The molecule has 4 rings (SSSR count). The van der Waals surface area contributed by atoms with Gasteiger partial charge in [-0.05, 0) is 19.8 Å². The summed E-state index contributed by atoms with van der Waals surface area (Å²) in [4.78, 5) is 31.6. The molecule has 0 unspecified atom stereocenters. The van der Waals surface area contributed by atoms with Crippen LogP contribution in [-0.2, 0) is 20.9 Å². The third-order valence-electron chi connectivity index (χ3n) is 5.41. The number of hydrogen-bond acceptors (Lipinski definition) is 6. The first-order valence-electron chi connectivity index (χ1n) is 8.39. The molecule has 0 radical (unpaired) electrons. The number of ether oxygens (including phenoxy) is 1. The smallest absolute Gasteiger partial charge is 0.229 e. The van der Waals surface area contributed by atoms with Crippen molar-refractivity contribution in [3.63, 3.8) is 0 Å². The van der Waals surface area contributed by atoms with Crippen molar-refractivity contribution >= 4 is 35.6 Å². The van der Waals surface area contributed by atoms with Crippen molar-refractivity contribution < 1.29 is 14.3 Å². The number of aromatic nitrogens is 1. The molecule has 2 amide bonds. The number of rotatable bonds is 5. The van der Waals surface area contributed by atoms with E-state index in [0.29, 0.717) is 26.2 Å². The molecule has 0 saturated carbocycles. The van der Waals surface area contributed by atoms with Gasteiger partial charge in [-0.2, -0.15) is 0 Å². The van der Waals surface area contributed by atoms with Gasteiger partial charge in [-0.1, -0.05) is 0 Å². The number of thiazole rings is 1. The first-order valence-corrected chi connectivity index (χ1v) is 9.27. The van der Waals surface area contributed by atoms with Crippen LogP contribution in [0.15, 0.2) is 5.38 Å². The third kappa shape index (κ3) is 2.95. The van der Waals surface area contributed by atoms with E-state index >= 15 is 0 Å². The summed E-state index contributed by atoms with van der Waals surface area (Å²) in [6, 6.07) is 0. The fourth-order valence-electron chi connectivity index (χ4n) is 4.47. The molecule has 25 heavy (non-hydrogen) atoms. The van der Waals surface area contributed by atoms with E-state index in [1.165, 1.54) is 0 Å². The zero-order chi connectivity index (χ0) is 16.9. The number of nitrogens with one attached hydrogen (secondary N) is 1. The summed E-state index contributed by atoms with van der Waals surface area (Å²) in [5.74, 6) is -0.832. The first kappa shape index (κ1) is 18.6. The highest BCUT2D eigenvalue weighted by Crippen LogP contribution is 2.55. The van der Waals surface area contributed by atoms with E-state index in [1.54, 1.807) is 16.2 Å². The van der Waals surface area contributed by atoms with Gasteiger partial charge in [0, 0.05) is 18.5 Å². The zero-order valence-electron chi connectivity index (χ0n) is 14.1. The number of carbonyl (C=O) groups is 2. The van der Waals surface area contributed by atoms with E-state index in [9.17, 15) is 9.59 Å². The van der Waals surface area contributed by atoms with Gasteiger partial charge in [0.25, 0.3) is 0 Å². The van der Waals surface area contributed by atoms with Gasteiger partial charge in [0.1, 0.15) is 0 Å². The molecular formula is C16H23ClN4O3S. The number of carbonyl (C=O) groups excluding carboxylic acids is 2. The molecule has 9 heteroatoms. The van der Waals surface area contributed by atoms with Crippen LogP contribution in [0.4, 0.5) is 0 Å². The lowest BCUT2D eigenvalue weighted by atomic mass is 9.73. The third-order valence-corrected chi connectivity index (χ3v) is 6.24. The minimum atomic E-state index is -0.476. The lowest BCUT2D eigenvalue weighted by molar-refractivity contribution is -0.138. The minimum absolute atomic E-state index is 0. The largest absolute Gasteiger partial charge is 0.368 e. The number of nitrogens with two attached hydrogens (primary N) is 1. The topological polar surface area (TPSA) is 97.5 Å². The lowest BCUT2D eigenvalue weighted by Gasteiger charge is -2.26. The number of halogens is 1. The summed E-state index contributed by atoms with van der Waals surface area (Å²) in [5, 5.41) is 5.86. The second kappa shape index (κ2) is 6.83. The molecule has 4 atom stereocenters. The second-order valence-corrected chi connectivity index (χ2v) is 7.95. The highest BCUT2D eigenvalue weighted by Gasteiger charge is 2.68. The Morgan fingerprint density at radius 1 is 1.60 bits per heavy atom. The molecule has 7 nitrogen and oxygen atoms in total. The number of amides is 2. The maximum atomic E-state index is 12.8. The normalized spacial score (nSPS) is 32.6. The van der Waals surface area contributed by atoms with E-state index in [4.69, 9.17) is 10.5 Å². The molecule has 138 valence electrons. The van der Waals surface area contributed by atoms with Crippen molar-refractivity contribution in [2.75, 3.05) is 19.6 Å². The maximum absolute atomic E-state index is 12.8. The SMILES string of the molecule is Cc1nc(CNC(=O)[C@H]2[C@@H]3CC[C@@]4(CN(CCN)C(=O)[C@@H]24)O3)cs1.Cl. The van der Waals surface area contributed by atoms with Crippen LogP contribution in [0.5, 0.6) is 0 Å². The fourth-order valence-corrected chi connectivity index (χ4v) is 5.08. The van der Waals surface area contributed by atoms with Crippen molar-refractivity contribution in [2.24, 2.45) is 17.6 Å². The number of aryl methyl sites for hydroxylation is 1. The monoisotopic (exact) mass is 386 g/mol. The summed E-state index contributed by atoms with van der Waals surface area (Å²) in [6.07, 6.45) is 1.55. The Bertz CT molecular complexity index is 684. The minimum Gasteiger partial charge on any atom is -0.368 e. The predicted molar refractivity (Wildman–Crippen MR) is 95.4 cm³/mol. The average Bonchev–Trinajstić information content (AvgIpc) is 3.28. The maximum Gasteiger partial charge on any atom is 0.229 e. The van der Waals surface area contributed by atoms with Gasteiger partial charge in [-0.25, -0.2) is 4.98 Å². The van der Waals surface area contributed by atoms with E-state index in [-0.39, 0.29) is 36.2 Å². The van der Waals surface area contributed by atoms with Crippen molar-refractivity contribution in [2.45, 2.75) is 38.0 Å². The summed E-state index contributed by atoms with van der Waals surface area (Å²) in [6.45, 7) is 3.86. The Morgan fingerprint density at radius 3 is 3.08 bits per heavy atom. The van der Waals surface area contributed by atoms with Crippen LogP contribution in [0.1, 0.15) is 23.5 Å². The molecule has 3 saturated heterocycles. The Kier molecular flexibility index (Phi) is 5.07. The molecule has 3 aliphatic heterocycles. The van der Waals surface area contributed by atoms with Crippen LogP contribution in [0.3, 0.4) is 0 Å². The van der Waals surface area contributed by atoms with Crippen molar-refractivity contribution in [3.8, 4) is 0 Å². The Balaban J connectivity index is 0.00000182. The van der Waals surface area contributed by atoms with E-state index in [1.807, 2.05) is 12.3 Å². The quantitative estimate of drug-likeness (QED) is 0.765. The molecule has 3 fully saturated rings. The molecule has 1 spiro atoms. The molecule has 2 bridgehead atoms. The Labute approximate surface area is 156 Å². The van der Waals surface area contributed by atoms with Gasteiger partial charge in [-0.15, -0.1) is 23.7 Å². The summed E-state index contributed by atoms with van der Waals surface area (Å²) >= 11 is 1.56. The van der Waals surface area contributed by atoms with Gasteiger partial charge in [0.2, 0.25) is 11.8 Å². The van der Waals surface area contributed by atoms with Crippen molar-refractivity contribution in [3.05, 3.63) is 16.1 Å². The molecule has 3 aliphatic rings. The van der Waals surface area contributed by atoms with E-state index < -0.39 is 11.5 Å². The number of nitrogens with zero attached hydrogens (tertiary/aromatic N) is 2. The van der Waals surface area contributed by atoms with Gasteiger partial charge < -0.3 is 20.7 Å². The predicted octanol–water partition coefficient (Wildman–Crippen LogP) is 0.454. The number of fused-ring (bicyclic) bond motifs is 1. The molecular weight excluding hydrogens is 364 g/mol. The molecule has 1 aromatic rings. The summed E-state index contributed by atoms with van der Waals surface area (Å²) < 4.78 is 6.14. The van der Waals surface area contributed by atoms with Crippen LogP contribution < -0.4 is 11.1 Å².